The van der Waals surface area contributed by atoms with Crippen LogP contribution in [-0.2, 0) is 0 Å². The van der Waals surface area contributed by atoms with Crippen LogP contribution in [0.25, 0.3) is 0 Å². The van der Waals surface area contributed by atoms with Gasteiger partial charge in [0.25, 0.3) is 0 Å². The molecule has 5 heteroatoms. The second-order valence-electron chi connectivity index (χ2n) is 3.66. The van der Waals surface area contributed by atoms with Crippen LogP contribution in [0.2, 0.25) is 10.0 Å². The summed E-state index contributed by atoms with van der Waals surface area (Å²) < 4.78 is 26.6. The average Bonchev–Trinajstić information content (AvgIpc) is 2.28. The van der Waals surface area contributed by atoms with E-state index in [-0.39, 0.29) is 5.56 Å². The molecule has 0 radical (unpaired) electrons. The van der Waals surface area contributed by atoms with Gasteiger partial charge in [-0.25, -0.2) is 8.78 Å². The summed E-state index contributed by atoms with van der Waals surface area (Å²) in [6.45, 7) is 0. The predicted octanol–water partition coefficient (Wildman–Crippen LogP) is 5.76. The third kappa shape index (κ3) is 2.68. The molecular formula is C13H7BrCl2F2. The average molecular weight is 352 g/mol. The Morgan fingerprint density at radius 2 is 1.61 bits per heavy atom. The second-order valence-corrected chi connectivity index (χ2v) is 5.39. The Morgan fingerprint density at radius 3 is 2.17 bits per heavy atom. The monoisotopic (exact) mass is 350 g/mol. The summed E-state index contributed by atoms with van der Waals surface area (Å²) in [6.07, 6.45) is 0. The molecule has 0 amide bonds. The number of rotatable bonds is 2. The van der Waals surface area contributed by atoms with E-state index in [1.807, 2.05) is 0 Å². The molecular weight excluding hydrogens is 345 g/mol. The van der Waals surface area contributed by atoms with Crippen molar-refractivity contribution < 1.29 is 8.78 Å². The molecule has 0 spiro atoms. The van der Waals surface area contributed by atoms with Crippen LogP contribution in [0, 0.1) is 11.6 Å². The zero-order chi connectivity index (χ0) is 13.3. The van der Waals surface area contributed by atoms with Crippen LogP contribution in [0.5, 0.6) is 0 Å². The first-order valence-corrected chi connectivity index (χ1v) is 6.71. The summed E-state index contributed by atoms with van der Waals surface area (Å²) in [5.41, 5.74) is 0.845. The highest BCUT2D eigenvalue weighted by atomic mass is 79.9. The summed E-state index contributed by atoms with van der Waals surface area (Å²) in [4.78, 5) is -0.528. The van der Waals surface area contributed by atoms with E-state index in [4.69, 9.17) is 23.2 Å². The Morgan fingerprint density at radius 1 is 1.00 bits per heavy atom. The zero-order valence-electron chi connectivity index (χ0n) is 8.93. The molecule has 0 aliphatic carbocycles. The molecule has 2 aromatic carbocycles. The van der Waals surface area contributed by atoms with Gasteiger partial charge in [0.2, 0.25) is 0 Å². The number of hydrogen-bond acceptors (Lipinski definition) is 0. The Bertz CT molecular complexity index is 567. The minimum atomic E-state index is -0.645. The Balaban J connectivity index is 2.51. The first-order valence-electron chi connectivity index (χ1n) is 5.03. The van der Waals surface area contributed by atoms with Crippen molar-refractivity contribution in [2.24, 2.45) is 0 Å². The van der Waals surface area contributed by atoms with Crippen molar-refractivity contribution in [1.82, 2.24) is 0 Å². The first kappa shape index (κ1) is 13.8. The lowest BCUT2D eigenvalue weighted by molar-refractivity contribution is 0.574. The number of hydrogen-bond donors (Lipinski definition) is 0. The molecule has 0 fully saturated rings. The normalized spacial score (nSPS) is 12.5. The topological polar surface area (TPSA) is 0 Å². The smallest absolute Gasteiger partial charge is 0.130 e. The lowest BCUT2D eigenvalue weighted by Crippen LogP contribution is -1.99. The van der Waals surface area contributed by atoms with Crippen molar-refractivity contribution >= 4 is 39.1 Å². The first-order chi connectivity index (χ1) is 8.50. The minimum absolute atomic E-state index is 0.284. The third-order valence-corrected chi connectivity index (χ3v) is 4.10. The standard InChI is InChI=1S/C13H7BrCl2F2/c14-13(8-5-4-7(17)6-11(8)18)12-9(15)2-1-3-10(12)16/h1-6,13H. The van der Waals surface area contributed by atoms with Crippen molar-refractivity contribution in [2.45, 2.75) is 4.83 Å². The van der Waals surface area contributed by atoms with Crippen LogP contribution in [-0.4, -0.2) is 0 Å². The maximum Gasteiger partial charge on any atom is 0.130 e. The molecule has 0 aliphatic rings. The number of halogens is 5. The van der Waals surface area contributed by atoms with Crippen LogP contribution in [0.3, 0.4) is 0 Å². The molecule has 0 saturated carbocycles. The molecule has 0 bridgehead atoms. The number of alkyl halides is 1. The second kappa shape index (κ2) is 5.55. The van der Waals surface area contributed by atoms with Crippen LogP contribution in [0.4, 0.5) is 8.78 Å². The highest BCUT2D eigenvalue weighted by molar-refractivity contribution is 9.09. The van der Waals surface area contributed by atoms with Crippen molar-refractivity contribution in [2.75, 3.05) is 0 Å². The van der Waals surface area contributed by atoms with Gasteiger partial charge in [0.1, 0.15) is 11.6 Å². The van der Waals surface area contributed by atoms with Crippen LogP contribution in [0.15, 0.2) is 36.4 Å². The fourth-order valence-corrected chi connectivity index (χ4v) is 3.36. The molecule has 0 N–H and O–H groups in total. The molecule has 0 aromatic heterocycles. The van der Waals surface area contributed by atoms with Crippen molar-refractivity contribution in [3.05, 3.63) is 69.2 Å². The van der Waals surface area contributed by atoms with E-state index in [2.05, 4.69) is 15.9 Å². The zero-order valence-corrected chi connectivity index (χ0v) is 12.0. The highest BCUT2D eigenvalue weighted by Gasteiger charge is 2.20. The van der Waals surface area contributed by atoms with E-state index in [9.17, 15) is 8.78 Å². The molecule has 0 heterocycles. The summed E-state index contributed by atoms with van der Waals surface area (Å²) in [5, 5.41) is 0.848. The van der Waals surface area contributed by atoms with Gasteiger partial charge in [-0.2, -0.15) is 0 Å². The molecule has 94 valence electrons. The van der Waals surface area contributed by atoms with Gasteiger partial charge >= 0.3 is 0 Å². The van der Waals surface area contributed by atoms with Gasteiger partial charge in [0, 0.05) is 27.2 Å². The molecule has 1 atom stereocenters. The van der Waals surface area contributed by atoms with Gasteiger partial charge in [-0.05, 0) is 18.2 Å². The van der Waals surface area contributed by atoms with E-state index in [0.29, 0.717) is 15.6 Å². The largest absolute Gasteiger partial charge is 0.207 e. The molecule has 18 heavy (non-hydrogen) atoms. The molecule has 1 unspecified atom stereocenters. The highest BCUT2D eigenvalue weighted by Crippen LogP contribution is 2.40. The van der Waals surface area contributed by atoms with E-state index in [1.54, 1.807) is 18.2 Å². The molecule has 0 aliphatic heterocycles. The van der Waals surface area contributed by atoms with Gasteiger partial charge in [-0.15, -0.1) is 0 Å². The van der Waals surface area contributed by atoms with Crippen molar-refractivity contribution in [3.63, 3.8) is 0 Å². The minimum Gasteiger partial charge on any atom is -0.207 e. The van der Waals surface area contributed by atoms with Crippen LogP contribution >= 0.6 is 39.1 Å². The van der Waals surface area contributed by atoms with Crippen molar-refractivity contribution in [3.8, 4) is 0 Å². The van der Waals surface area contributed by atoms with Crippen molar-refractivity contribution in [1.29, 1.82) is 0 Å². The van der Waals surface area contributed by atoms with Gasteiger partial charge in [-0.1, -0.05) is 51.3 Å². The maximum absolute atomic E-state index is 13.7. The molecule has 0 nitrogen and oxygen atoms in total. The fraction of sp³-hybridized carbons (Fsp3) is 0.0769. The SMILES string of the molecule is Fc1ccc(C(Br)c2c(Cl)cccc2Cl)c(F)c1. The van der Waals surface area contributed by atoms with Gasteiger partial charge in [0.05, 0.1) is 4.83 Å². The summed E-state index contributed by atoms with van der Waals surface area (Å²) in [7, 11) is 0. The Labute approximate surface area is 122 Å². The van der Waals surface area contributed by atoms with Gasteiger partial charge < -0.3 is 0 Å². The summed E-state index contributed by atoms with van der Waals surface area (Å²) >= 11 is 15.4. The van der Waals surface area contributed by atoms with E-state index < -0.39 is 16.5 Å². The van der Waals surface area contributed by atoms with E-state index in [0.717, 1.165) is 6.07 Å². The summed E-state index contributed by atoms with van der Waals surface area (Å²) in [5.74, 6) is -1.27. The molecule has 2 aromatic rings. The predicted molar refractivity (Wildman–Crippen MR) is 73.6 cm³/mol. The lowest BCUT2D eigenvalue weighted by Gasteiger charge is -2.15. The van der Waals surface area contributed by atoms with E-state index in [1.165, 1.54) is 12.1 Å². The lowest BCUT2D eigenvalue weighted by atomic mass is 10.0. The Kier molecular flexibility index (Phi) is 4.25. The molecule has 2 rings (SSSR count). The van der Waals surface area contributed by atoms with Gasteiger partial charge in [0.15, 0.2) is 0 Å². The third-order valence-electron chi connectivity index (χ3n) is 2.49. The summed E-state index contributed by atoms with van der Waals surface area (Å²) in [6, 6.07) is 8.42. The van der Waals surface area contributed by atoms with Crippen LogP contribution in [0.1, 0.15) is 16.0 Å². The number of benzene rings is 2. The van der Waals surface area contributed by atoms with E-state index >= 15 is 0 Å². The fourth-order valence-electron chi connectivity index (χ4n) is 1.62. The molecule has 0 saturated heterocycles. The maximum atomic E-state index is 13.7. The van der Waals surface area contributed by atoms with Crippen LogP contribution < -0.4 is 0 Å². The Hall–Kier alpha value is -0.640. The van der Waals surface area contributed by atoms with Gasteiger partial charge in [-0.3, -0.25) is 0 Å². The quantitative estimate of drug-likeness (QED) is 0.604.